The van der Waals surface area contributed by atoms with Crippen LogP contribution in [0.5, 0.6) is 0 Å². The molecule has 0 spiro atoms. The molecule has 188 valence electrons. The van der Waals surface area contributed by atoms with E-state index in [9.17, 15) is 9.59 Å². The molecule has 3 aliphatic heterocycles. The Balaban J connectivity index is 1.23. The third kappa shape index (κ3) is 6.44. The first-order chi connectivity index (χ1) is 16.3. The van der Waals surface area contributed by atoms with E-state index in [-0.39, 0.29) is 18.1 Å². The number of benzene rings is 1. The van der Waals surface area contributed by atoms with Crippen LogP contribution in [-0.4, -0.2) is 90.7 Å². The van der Waals surface area contributed by atoms with Crippen molar-refractivity contribution in [2.45, 2.75) is 64.5 Å². The smallest absolute Gasteiger partial charge is 0.410 e. The predicted octanol–water partition coefficient (Wildman–Crippen LogP) is 3.84. The summed E-state index contributed by atoms with van der Waals surface area (Å²) in [6, 6.07) is 10.7. The summed E-state index contributed by atoms with van der Waals surface area (Å²) in [5, 5.41) is 0. The van der Waals surface area contributed by atoms with Crippen LogP contribution in [0.1, 0.15) is 52.9 Å². The van der Waals surface area contributed by atoms with Gasteiger partial charge in [0.2, 0.25) is 5.91 Å². The van der Waals surface area contributed by atoms with E-state index in [0.717, 1.165) is 84.5 Å². The Morgan fingerprint density at radius 3 is 2.21 bits per heavy atom. The maximum absolute atomic E-state index is 13.2. The summed E-state index contributed by atoms with van der Waals surface area (Å²) in [5.41, 5.74) is 0.774. The standard InChI is InChI=1S/C27H42N4O3/c1-27(2,3)34-26(33)31-14-8-7-11-24(31)21-28-15-12-22(13-16-28)25(32)30-19-17-29(18-20-30)23-9-5-4-6-10-23/h4-6,9-10,22,24H,7-8,11-21H2,1-3H3/t24-/m0/s1. The fraction of sp³-hybridized carbons (Fsp3) is 0.704. The molecule has 2 amide bonds. The first kappa shape index (κ1) is 24.8. The Bertz CT molecular complexity index is 809. The van der Waals surface area contributed by atoms with Crippen molar-refractivity contribution in [1.82, 2.24) is 14.7 Å². The number of likely N-dealkylation sites (tertiary alicyclic amines) is 2. The number of hydrogen-bond donors (Lipinski definition) is 0. The molecular weight excluding hydrogens is 428 g/mol. The van der Waals surface area contributed by atoms with Gasteiger partial charge < -0.3 is 24.3 Å². The fourth-order valence-electron chi connectivity index (χ4n) is 5.49. The Morgan fingerprint density at radius 2 is 1.56 bits per heavy atom. The van der Waals surface area contributed by atoms with Crippen LogP contribution in [-0.2, 0) is 9.53 Å². The highest BCUT2D eigenvalue weighted by atomic mass is 16.6. The van der Waals surface area contributed by atoms with Crippen molar-refractivity contribution >= 4 is 17.7 Å². The van der Waals surface area contributed by atoms with E-state index in [4.69, 9.17) is 4.74 Å². The highest BCUT2D eigenvalue weighted by Gasteiger charge is 2.34. The number of para-hydroxylation sites is 1. The molecule has 0 aromatic heterocycles. The molecule has 0 unspecified atom stereocenters. The van der Waals surface area contributed by atoms with Crippen LogP contribution in [0, 0.1) is 5.92 Å². The Labute approximate surface area is 205 Å². The first-order valence-electron chi connectivity index (χ1n) is 13.1. The summed E-state index contributed by atoms with van der Waals surface area (Å²) in [6.45, 7) is 12.7. The van der Waals surface area contributed by atoms with Crippen LogP contribution in [0.15, 0.2) is 30.3 Å². The summed E-state index contributed by atoms with van der Waals surface area (Å²) in [7, 11) is 0. The number of piperazine rings is 1. The van der Waals surface area contributed by atoms with Gasteiger partial charge in [-0.25, -0.2) is 4.79 Å². The number of amides is 2. The third-order valence-corrected chi connectivity index (χ3v) is 7.37. The van der Waals surface area contributed by atoms with E-state index in [1.807, 2.05) is 31.7 Å². The zero-order valence-corrected chi connectivity index (χ0v) is 21.2. The number of anilines is 1. The van der Waals surface area contributed by atoms with E-state index in [0.29, 0.717) is 5.91 Å². The van der Waals surface area contributed by atoms with Gasteiger partial charge in [0.15, 0.2) is 0 Å². The van der Waals surface area contributed by atoms with Crippen molar-refractivity contribution in [1.29, 1.82) is 0 Å². The van der Waals surface area contributed by atoms with Crippen LogP contribution in [0.4, 0.5) is 10.5 Å². The molecule has 3 heterocycles. The molecule has 1 aromatic carbocycles. The van der Waals surface area contributed by atoms with Crippen molar-refractivity contribution in [2.75, 3.05) is 57.3 Å². The summed E-state index contributed by atoms with van der Waals surface area (Å²) >= 11 is 0. The van der Waals surface area contributed by atoms with E-state index in [2.05, 4.69) is 39.0 Å². The van der Waals surface area contributed by atoms with Gasteiger partial charge in [0.1, 0.15) is 5.60 Å². The van der Waals surface area contributed by atoms with Gasteiger partial charge in [-0.15, -0.1) is 0 Å². The summed E-state index contributed by atoms with van der Waals surface area (Å²) in [6.07, 6.45) is 4.88. The Kier molecular flexibility index (Phi) is 8.02. The minimum Gasteiger partial charge on any atom is -0.444 e. The van der Waals surface area contributed by atoms with E-state index < -0.39 is 5.60 Å². The van der Waals surface area contributed by atoms with Crippen LogP contribution < -0.4 is 4.90 Å². The normalized spacial score (nSPS) is 23.1. The molecule has 0 aliphatic carbocycles. The van der Waals surface area contributed by atoms with Crippen molar-refractivity contribution in [3.63, 3.8) is 0 Å². The molecule has 3 saturated heterocycles. The molecule has 3 aliphatic rings. The number of carbonyl (C=O) groups is 2. The Morgan fingerprint density at radius 1 is 0.882 bits per heavy atom. The van der Waals surface area contributed by atoms with Gasteiger partial charge in [-0.2, -0.15) is 0 Å². The van der Waals surface area contributed by atoms with Gasteiger partial charge in [0, 0.05) is 56.9 Å². The number of piperidine rings is 2. The summed E-state index contributed by atoms with van der Waals surface area (Å²) in [5.74, 6) is 0.466. The molecule has 7 nitrogen and oxygen atoms in total. The number of nitrogens with zero attached hydrogens (tertiary/aromatic N) is 4. The van der Waals surface area contributed by atoms with Gasteiger partial charge in [0.25, 0.3) is 0 Å². The third-order valence-electron chi connectivity index (χ3n) is 7.37. The summed E-state index contributed by atoms with van der Waals surface area (Å²) in [4.78, 5) is 34.7. The van der Waals surface area contributed by atoms with Crippen molar-refractivity contribution < 1.29 is 14.3 Å². The van der Waals surface area contributed by atoms with Crippen LogP contribution >= 0.6 is 0 Å². The molecule has 1 aromatic rings. The van der Waals surface area contributed by atoms with E-state index in [1.54, 1.807) is 0 Å². The minimum absolute atomic E-state index is 0.132. The summed E-state index contributed by atoms with van der Waals surface area (Å²) < 4.78 is 5.66. The first-order valence-corrected chi connectivity index (χ1v) is 13.1. The molecule has 1 atom stereocenters. The van der Waals surface area contributed by atoms with Gasteiger partial charge in [0.05, 0.1) is 0 Å². The molecule has 4 rings (SSSR count). The zero-order valence-electron chi connectivity index (χ0n) is 21.2. The second kappa shape index (κ2) is 11.0. The second-order valence-corrected chi connectivity index (χ2v) is 11.0. The van der Waals surface area contributed by atoms with E-state index >= 15 is 0 Å². The van der Waals surface area contributed by atoms with Gasteiger partial charge >= 0.3 is 6.09 Å². The SMILES string of the molecule is CC(C)(C)OC(=O)N1CCCC[C@H]1CN1CCC(C(=O)N2CCN(c3ccccc3)CC2)CC1. The molecular formula is C27H42N4O3. The van der Waals surface area contributed by atoms with Gasteiger partial charge in [-0.05, 0) is 78.1 Å². The average molecular weight is 471 g/mol. The van der Waals surface area contributed by atoms with Crippen molar-refractivity contribution in [3.05, 3.63) is 30.3 Å². The van der Waals surface area contributed by atoms with Crippen LogP contribution in [0.2, 0.25) is 0 Å². The molecule has 7 heteroatoms. The maximum Gasteiger partial charge on any atom is 0.410 e. The quantitative estimate of drug-likeness (QED) is 0.669. The van der Waals surface area contributed by atoms with Crippen molar-refractivity contribution in [3.8, 4) is 0 Å². The minimum atomic E-state index is -0.468. The topological polar surface area (TPSA) is 56.3 Å². The number of hydrogen-bond acceptors (Lipinski definition) is 5. The average Bonchev–Trinajstić information content (AvgIpc) is 2.84. The maximum atomic E-state index is 13.2. The molecule has 34 heavy (non-hydrogen) atoms. The number of rotatable bonds is 4. The van der Waals surface area contributed by atoms with Crippen molar-refractivity contribution in [2.24, 2.45) is 5.92 Å². The van der Waals surface area contributed by atoms with Crippen LogP contribution in [0.3, 0.4) is 0 Å². The number of carbonyl (C=O) groups excluding carboxylic acids is 2. The van der Waals surface area contributed by atoms with Crippen LogP contribution in [0.25, 0.3) is 0 Å². The highest BCUT2D eigenvalue weighted by molar-refractivity contribution is 5.79. The molecule has 3 fully saturated rings. The molecule has 0 saturated carbocycles. The largest absolute Gasteiger partial charge is 0.444 e. The van der Waals surface area contributed by atoms with Gasteiger partial charge in [-0.1, -0.05) is 18.2 Å². The molecule has 0 N–H and O–H groups in total. The monoisotopic (exact) mass is 470 g/mol. The lowest BCUT2D eigenvalue weighted by Crippen LogP contribution is -2.53. The van der Waals surface area contributed by atoms with Gasteiger partial charge in [-0.3, -0.25) is 4.79 Å². The lowest BCUT2D eigenvalue weighted by Gasteiger charge is -2.42. The highest BCUT2D eigenvalue weighted by Crippen LogP contribution is 2.25. The molecule has 0 radical (unpaired) electrons. The lowest BCUT2D eigenvalue weighted by atomic mass is 9.93. The number of ether oxygens (including phenoxy) is 1. The predicted molar refractivity (Wildman–Crippen MR) is 135 cm³/mol. The fourth-order valence-corrected chi connectivity index (χ4v) is 5.49. The second-order valence-electron chi connectivity index (χ2n) is 11.0. The zero-order chi connectivity index (χ0) is 24.1. The lowest BCUT2D eigenvalue weighted by molar-refractivity contribution is -0.137. The molecule has 0 bridgehead atoms. The Hall–Kier alpha value is -2.28. The van der Waals surface area contributed by atoms with E-state index in [1.165, 1.54) is 5.69 Å².